The first-order chi connectivity index (χ1) is 5.66. The molecule has 1 unspecified atom stereocenters. The van der Waals surface area contributed by atoms with Gasteiger partial charge in [0, 0.05) is 0 Å². The average molecular weight is 202 g/mol. The van der Waals surface area contributed by atoms with Gasteiger partial charge < -0.3 is 5.73 Å². The second kappa shape index (κ2) is 4.06. The number of anilines is 1. The molecule has 1 atom stereocenters. The van der Waals surface area contributed by atoms with Gasteiger partial charge in [-0.1, -0.05) is 30.7 Å². The lowest BCUT2D eigenvalue weighted by atomic mass is 10.0. The summed E-state index contributed by atoms with van der Waals surface area (Å²) in [5, 5.41) is 0.626. The molecular formula is C9H12ClNS. The molecule has 0 bridgehead atoms. The molecule has 1 aromatic carbocycles. The van der Waals surface area contributed by atoms with Gasteiger partial charge in [-0.3, -0.25) is 0 Å². The van der Waals surface area contributed by atoms with Gasteiger partial charge in [0.05, 0.1) is 10.7 Å². The molecule has 2 N–H and O–H groups in total. The number of benzene rings is 1. The summed E-state index contributed by atoms with van der Waals surface area (Å²) >= 11 is 10.1. The first-order valence-corrected chi connectivity index (χ1v) is 4.82. The van der Waals surface area contributed by atoms with Crippen LogP contribution >= 0.6 is 24.2 Å². The topological polar surface area (TPSA) is 26.0 Å². The van der Waals surface area contributed by atoms with Crippen molar-refractivity contribution in [2.24, 2.45) is 0 Å². The predicted octanol–water partition coefficient (Wildman–Crippen LogP) is 2.96. The molecule has 66 valence electrons. The number of thiol groups is 1. The summed E-state index contributed by atoms with van der Waals surface area (Å²) in [6, 6.07) is 5.70. The molecule has 0 amide bonds. The molecule has 0 fully saturated rings. The van der Waals surface area contributed by atoms with Crippen LogP contribution in [0.25, 0.3) is 0 Å². The summed E-state index contributed by atoms with van der Waals surface area (Å²) in [5.41, 5.74) is 7.56. The Kier molecular flexibility index (Phi) is 3.29. The van der Waals surface area contributed by atoms with Gasteiger partial charge in [-0.05, 0) is 23.3 Å². The van der Waals surface area contributed by atoms with Gasteiger partial charge in [-0.2, -0.15) is 12.6 Å². The lowest BCUT2D eigenvalue weighted by molar-refractivity contribution is 0.887. The molecular weight excluding hydrogens is 190 g/mol. The minimum atomic E-state index is 0.354. The highest BCUT2D eigenvalue weighted by atomic mass is 35.5. The van der Waals surface area contributed by atoms with Crippen molar-refractivity contribution < 1.29 is 0 Å². The van der Waals surface area contributed by atoms with E-state index in [0.29, 0.717) is 16.6 Å². The van der Waals surface area contributed by atoms with Crippen LogP contribution in [0.3, 0.4) is 0 Å². The minimum absolute atomic E-state index is 0.354. The van der Waals surface area contributed by atoms with Crippen LogP contribution < -0.4 is 5.73 Å². The zero-order valence-corrected chi connectivity index (χ0v) is 8.57. The molecule has 0 aromatic heterocycles. The van der Waals surface area contributed by atoms with E-state index in [4.69, 9.17) is 17.3 Å². The number of rotatable bonds is 2. The Bertz CT molecular complexity index is 275. The van der Waals surface area contributed by atoms with Crippen molar-refractivity contribution in [2.45, 2.75) is 12.8 Å². The lowest BCUT2D eigenvalue weighted by Crippen LogP contribution is -2.00. The van der Waals surface area contributed by atoms with E-state index >= 15 is 0 Å². The van der Waals surface area contributed by atoms with Gasteiger partial charge in [0.2, 0.25) is 0 Å². The first-order valence-electron chi connectivity index (χ1n) is 3.81. The zero-order chi connectivity index (χ0) is 9.14. The molecule has 0 heterocycles. The summed E-state index contributed by atoms with van der Waals surface area (Å²) in [7, 11) is 0. The third-order valence-corrected chi connectivity index (χ3v) is 2.77. The molecule has 0 spiro atoms. The van der Waals surface area contributed by atoms with Crippen molar-refractivity contribution in [3.8, 4) is 0 Å². The Morgan fingerprint density at radius 2 is 2.25 bits per heavy atom. The van der Waals surface area contributed by atoms with E-state index in [1.807, 2.05) is 12.1 Å². The van der Waals surface area contributed by atoms with Gasteiger partial charge >= 0.3 is 0 Å². The van der Waals surface area contributed by atoms with Crippen LogP contribution in [0, 0.1) is 0 Å². The van der Waals surface area contributed by atoms with E-state index < -0.39 is 0 Å². The molecule has 12 heavy (non-hydrogen) atoms. The van der Waals surface area contributed by atoms with Crippen LogP contribution in [0.2, 0.25) is 5.02 Å². The summed E-state index contributed by atoms with van der Waals surface area (Å²) in [5.74, 6) is 1.14. The van der Waals surface area contributed by atoms with E-state index in [-0.39, 0.29) is 0 Å². The van der Waals surface area contributed by atoms with E-state index in [1.165, 1.54) is 0 Å². The molecule has 0 aliphatic rings. The Hall–Kier alpha value is -0.340. The molecule has 0 saturated heterocycles. The number of halogens is 1. The van der Waals surface area contributed by atoms with Gasteiger partial charge in [0.15, 0.2) is 0 Å². The van der Waals surface area contributed by atoms with Gasteiger partial charge in [0.1, 0.15) is 0 Å². The summed E-state index contributed by atoms with van der Waals surface area (Å²) < 4.78 is 0. The van der Waals surface area contributed by atoms with Crippen molar-refractivity contribution in [1.82, 2.24) is 0 Å². The Morgan fingerprint density at radius 3 is 2.83 bits per heavy atom. The van der Waals surface area contributed by atoms with Gasteiger partial charge in [-0.15, -0.1) is 0 Å². The predicted molar refractivity (Wildman–Crippen MR) is 58.1 cm³/mol. The average Bonchev–Trinajstić information content (AvgIpc) is 2.08. The fourth-order valence-corrected chi connectivity index (χ4v) is 1.46. The third kappa shape index (κ3) is 1.87. The Labute approximate surface area is 83.3 Å². The van der Waals surface area contributed by atoms with E-state index in [2.05, 4.69) is 19.6 Å². The highest BCUT2D eigenvalue weighted by Crippen LogP contribution is 2.28. The van der Waals surface area contributed by atoms with Crippen LogP contribution in [-0.2, 0) is 0 Å². The highest BCUT2D eigenvalue weighted by molar-refractivity contribution is 7.80. The van der Waals surface area contributed by atoms with Gasteiger partial charge in [0.25, 0.3) is 0 Å². The SMILES string of the molecule is CC(CS)c1cccc(Cl)c1N. The molecule has 0 saturated carbocycles. The molecule has 0 radical (unpaired) electrons. The molecule has 0 aliphatic carbocycles. The zero-order valence-electron chi connectivity index (χ0n) is 6.92. The quantitative estimate of drug-likeness (QED) is 0.559. The largest absolute Gasteiger partial charge is 0.397 e. The number of hydrogen-bond donors (Lipinski definition) is 2. The molecule has 1 rings (SSSR count). The van der Waals surface area contributed by atoms with Crippen LogP contribution in [0.1, 0.15) is 18.4 Å². The van der Waals surface area contributed by atoms with Crippen LogP contribution in [0.15, 0.2) is 18.2 Å². The summed E-state index contributed by atoms with van der Waals surface area (Å²) in [6.07, 6.45) is 0. The second-order valence-electron chi connectivity index (χ2n) is 2.83. The van der Waals surface area contributed by atoms with Crippen LogP contribution in [0.5, 0.6) is 0 Å². The van der Waals surface area contributed by atoms with E-state index in [0.717, 1.165) is 11.3 Å². The summed E-state index contributed by atoms with van der Waals surface area (Å²) in [4.78, 5) is 0. The van der Waals surface area contributed by atoms with Crippen LogP contribution in [0.4, 0.5) is 5.69 Å². The number of para-hydroxylation sites is 1. The maximum atomic E-state index is 5.86. The molecule has 1 aromatic rings. The maximum Gasteiger partial charge on any atom is 0.0638 e. The molecule has 0 aliphatic heterocycles. The Balaban J connectivity index is 3.07. The highest BCUT2D eigenvalue weighted by Gasteiger charge is 2.08. The minimum Gasteiger partial charge on any atom is -0.397 e. The second-order valence-corrected chi connectivity index (χ2v) is 3.60. The maximum absolute atomic E-state index is 5.86. The fourth-order valence-electron chi connectivity index (χ4n) is 1.08. The number of nitrogens with two attached hydrogens (primary N) is 1. The number of nitrogen functional groups attached to an aromatic ring is 1. The normalized spacial score (nSPS) is 12.9. The number of hydrogen-bond acceptors (Lipinski definition) is 2. The molecule has 1 nitrogen and oxygen atoms in total. The third-order valence-electron chi connectivity index (χ3n) is 1.89. The van der Waals surface area contributed by atoms with Crippen molar-refractivity contribution in [3.63, 3.8) is 0 Å². The van der Waals surface area contributed by atoms with Crippen LogP contribution in [-0.4, -0.2) is 5.75 Å². The van der Waals surface area contributed by atoms with E-state index in [9.17, 15) is 0 Å². The summed E-state index contributed by atoms with van der Waals surface area (Å²) in [6.45, 7) is 2.08. The Morgan fingerprint density at radius 1 is 1.58 bits per heavy atom. The van der Waals surface area contributed by atoms with Crippen molar-refractivity contribution in [1.29, 1.82) is 0 Å². The van der Waals surface area contributed by atoms with Crippen molar-refractivity contribution in [3.05, 3.63) is 28.8 Å². The monoisotopic (exact) mass is 201 g/mol. The fraction of sp³-hybridized carbons (Fsp3) is 0.333. The smallest absolute Gasteiger partial charge is 0.0638 e. The van der Waals surface area contributed by atoms with Gasteiger partial charge in [-0.25, -0.2) is 0 Å². The molecule has 3 heteroatoms. The van der Waals surface area contributed by atoms with E-state index in [1.54, 1.807) is 6.07 Å². The van der Waals surface area contributed by atoms with Crippen molar-refractivity contribution in [2.75, 3.05) is 11.5 Å². The standard InChI is InChI=1S/C9H12ClNS/c1-6(5-12)7-3-2-4-8(10)9(7)11/h2-4,6,12H,5,11H2,1H3. The first kappa shape index (κ1) is 9.75. The lowest BCUT2D eigenvalue weighted by Gasteiger charge is -2.12. The van der Waals surface area contributed by atoms with Crippen molar-refractivity contribution >= 4 is 29.9 Å².